The second kappa shape index (κ2) is 5.53. The minimum absolute atomic E-state index is 0.00896. The lowest BCUT2D eigenvalue weighted by Gasteiger charge is -2.24. The van der Waals surface area contributed by atoms with Crippen molar-refractivity contribution in [2.24, 2.45) is 0 Å². The summed E-state index contributed by atoms with van der Waals surface area (Å²) in [4.78, 5) is 0. The Labute approximate surface area is 188 Å². The molecule has 1 heterocycles. The van der Waals surface area contributed by atoms with E-state index < -0.39 is 0 Å². The fraction of sp³-hybridized carbons (Fsp3) is 0.226. The van der Waals surface area contributed by atoms with Crippen molar-refractivity contribution in [1.29, 1.82) is 0 Å². The van der Waals surface area contributed by atoms with E-state index in [0.717, 1.165) is 11.2 Å². The van der Waals surface area contributed by atoms with Gasteiger partial charge < -0.3 is 4.42 Å². The summed E-state index contributed by atoms with van der Waals surface area (Å²) >= 11 is 0. The third-order valence-corrected chi connectivity index (χ3v) is 8.13. The molecule has 1 heteroatoms. The SMILES string of the molecule is Cc1ccc2c(c1)C(C)(C)c1cc3c(cc1-2)C(C)(C)c1ccc2oc4ccccc4c2c1-3. The number of fused-ring (bicyclic) bond motifs is 10. The molecule has 5 aromatic rings. The molecule has 32 heavy (non-hydrogen) atoms. The second-order valence-electron chi connectivity index (χ2n) is 10.7. The largest absolute Gasteiger partial charge is 0.456 e. The van der Waals surface area contributed by atoms with Crippen LogP contribution < -0.4 is 0 Å². The van der Waals surface area contributed by atoms with Crippen molar-refractivity contribution in [2.45, 2.75) is 45.4 Å². The molecule has 2 aliphatic rings. The van der Waals surface area contributed by atoms with Crippen LogP contribution in [0.1, 0.15) is 55.5 Å². The molecule has 0 amide bonds. The molecular formula is C31H26O. The zero-order valence-electron chi connectivity index (χ0n) is 19.3. The highest BCUT2D eigenvalue weighted by Crippen LogP contribution is 2.58. The normalized spacial score (nSPS) is 16.8. The lowest BCUT2D eigenvalue weighted by Crippen LogP contribution is -2.17. The van der Waals surface area contributed by atoms with Gasteiger partial charge >= 0.3 is 0 Å². The molecule has 0 unspecified atom stereocenters. The molecule has 0 radical (unpaired) electrons. The molecule has 0 atom stereocenters. The monoisotopic (exact) mass is 414 g/mol. The summed E-state index contributed by atoms with van der Waals surface area (Å²) in [6, 6.07) is 24.8. The van der Waals surface area contributed by atoms with Crippen molar-refractivity contribution < 1.29 is 4.42 Å². The lowest BCUT2D eigenvalue weighted by atomic mass is 9.79. The van der Waals surface area contributed by atoms with E-state index in [2.05, 4.69) is 101 Å². The number of para-hydroxylation sites is 1. The topological polar surface area (TPSA) is 13.1 Å². The fourth-order valence-electron chi connectivity index (χ4n) is 6.38. The summed E-state index contributed by atoms with van der Waals surface area (Å²) in [6.07, 6.45) is 0. The van der Waals surface area contributed by atoms with Gasteiger partial charge in [0, 0.05) is 21.6 Å². The van der Waals surface area contributed by atoms with E-state index >= 15 is 0 Å². The quantitative estimate of drug-likeness (QED) is 0.247. The first-order chi connectivity index (χ1) is 15.3. The number of benzene rings is 4. The van der Waals surface area contributed by atoms with Gasteiger partial charge in [0.05, 0.1) is 0 Å². The summed E-state index contributed by atoms with van der Waals surface area (Å²) in [6.45, 7) is 11.7. The fourth-order valence-corrected chi connectivity index (χ4v) is 6.38. The Bertz CT molecular complexity index is 1620. The van der Waals surface area contributed by atoms with Crippen LogP contribution in [-0.2, 0) is 10.8 Å². The van der Waals surface area contributed by atoms with E-state index in [-0.39, 0.29) is 10.8 Å². The highest BCUT2D eigenvalue weighted by Gasteiger charge is 2.42. The average Bonchev–Trinajstić information content (AvgIpc) is 3.33. The standard InChI is InChI=1S/C31H26O/c1-17-10-11-18-20-15-25-21(16-24(20)31(4,5)23(18)14-17)28-22(30(25,2)3)12-13-27-29(28)19-8-6-7-9-26(19)32-27/h6-16H,1-5H3. The van der Waals surface area contributed by atoms with Gasteiger partial charge in [-0.3, -0.25) is 0 Å². The average molecular weight is 415 g/mol. The molecule has 7 rings (SSSR count). The highest BCUT2D eigenvalue weighted by molar-refractivity contribution is 6.15. The maximum atomic E-state index is 6.26. The van der Waals surface area contributed by atoms with Gasteiger partial charge in [0.2, 0.25) is 0 Å². The lowest BCUT2D eigenvalue weighted by molar-refractivity contribution is 0.650. The Morgan fingerprint density at radius 1 is 0.594 bits per heavy atom. The zero-order chi connectivity index (χ0) is 22.0. The predicted octanol–water partition coefficient (Wildman–Crippen LogP) is 8.51. The van der Waals surface area contributed by atoms with Crippen LogP contribution >= 0.6 is 0 Å². The second-order valence-corrected chi connectivity index (χ2v) is 10.7. The van der Waals surface area contributed by atoms with Crippen LogP contribution in [0.2, 0.25) is 0 Å². The smallest absolute Gasteiger partial charge is 0.136 e. The van der Waals surface area contributed by atoms with E-state index in [0.29, 0.717) is 0 Å². The summed E-state index contributed by atoms with van der Waals surface area (Å²) < 4.78 is 6.26. The van der Waals surface area contributed by atoms with Crippen LogP contribution in [0.5, 0.6) is 0 Å². The van der Waals surface area contributed by atoms with E-state index in [1.54, 1.807) is 0 Å². The Hall–Kier alpha value is -3.32. The van der Waals surface area contributed by atoms with Gasteiger partial charge in [0.1, 0.15) is 11.2 Å². The molecule has 0 N–H and O–H groups in total. The molecule has 1 nitrogen and oxygen atoms in total. The van der Waals surface area contributed by atoms with Crippen LogP contribution in [-0.4, -0.2) is 0 Å². The zero-order valence-corrected chi connectivity index (χ0v) is 19.3. The first-order valence-electron chi connectivity index (χ1n) is 11.5. The van der Waals surface area contributed by atoms with Gasteiger partial charge in [0.15, 0.2) is 0 Å². The van der Waals surface area contributed by atoms with E-state index in [4.69, 9.17) is 4.42 Å². The maximum absolute atomic E-state index is 6.26. The minimum Gasteiger partial charge on any atom is -0.456 e. The Balaban J connectivity index is 1.62. The minimum atomic E-state index is -0.0517. The van der Waals surface area contributed by atoms with Gasteiger partial charge in [0.25, 0.3) is 0 Å². The number of rotatable bonds is 0. The third kappa shape index (κ3) is 2.00. The van der Waals surface area contributed by atoms with Crippen molar-refractivity contribution >= 4 is 21.9 Å². The molecule has 0 saturated carbocycles. The van der Waals surface area contributed by atoms with Crippen molar-refractivity contribution in [1.82, 2.24) is 0 Å². The Morgan fingerprint density at radius 2 is 1.28 bits per heavy atom. The molecule has 156 valence electrons. The Kier molecular flexibility index (Phi) is 3.16. The number of furan rings is 1. The summed E-state index contributed by atoms with van der Waals surface area (Å²) in [5, 5.41) is 2.47. The molecule has 0 saturated heterocycles. The number of aryl methyl sites for hydroxylation is 1. The molecule has 0 bridgehead atoms. The van der Waals surface area contributed by atoms with Gasteiger partial charge in [-0.25, -0.2) is 0 Å². The first kappa shape index (κ1) is 18.3. The molecule has 0 spiro atoms. The van der Waals surface area contributed by atoms with E-state index in [1.165, 1.54) is 60.8 Å². The van der Waals surface area contributed by atoms with Crippen LogP contribution in [0, 0.1) is 6.92 Å². The highest BCUT2D eigenvalue weighted by atomic mass is 16.3. The molecule has 4 aromatic carbocycles. The van der Waals surface area contributed by atoms with Crippen LogP contribution in [0.4, 0.5) is 0 Å². The van der Waals surface area contributed by atoms with Crippen molar-refractivity contribution in [2.75, 3.05) is 0 Å². The Morgan fingerprint density at radius 3 is 2.12 bits per heavy atom. The first-order valence-corrected chi connectivity index (χ1v) is 11.5. The van der Waals surface area contributed by atoms with Crippen LogP contribution in [0.15, 0.2) is 71.1 Å². The van der Waals surface area contributed by atoms with Crippen LogP contribution in [0.25, 0.3) is 44.2 Å². The van der Waals surface area contributed by atoms with Crippen molar-refractivity contribution in [3.8, 4) is 22.3 Å². The van der Waals surface area contributed by atoms with E-state index in [1.807, 2.05) is 0 Å². The van der Waals surface area contributed by atoms with Gasteiger partial charge in [-0.1, -0.05) is 75.7 Å². The summed E-state index contributed by atoms with van der Waals surface area (Å²) in [5.74, 6) is 0. The molecule has 0 fully saturated rings. The van der Waals surface area contributed by atoms with Crippen molar-refractivity contribution in [3.05, 3.63) is 94.5 Å². The van der Waals surface area contributed by atoms with Gasteiger partial charge in [-0.2, -0.15) is 0 Å². The van der Waals surface area contributed by atoms with Crippen LogP contribution in [0.3, 0.4) is 0 Å². The third-order valence-electron chi connectivity index (χ3n) is 8.13. The molecular weight excluding hydrogens is 388 g/mol. The van der Waals surface area contributed by atoms with E-state index in [9.17, 15) is 0 Å². The van der Waals surface area contributed by atoms with Gasteiger partial charge in [-0.05, 0) is 75.7 Å². The molecule has 1 aromatic heterocycles. The molecule has 2 aliphatic carbocycles. The summed E-state index contributed by atoms with van der Waals surface area (Å²) in [7, 11) is 0. The number of hydrogen-bond donors (Lipinski definition) is 0. The number of hydrogen-bond acceptors (Lipinski definition) is 1. The summed E-state index contributed by atoms with van der Waals surface area (Å²) in [5.41, 5.74) is 14.4. The van der Waals surface area contributed by atoms with Crippen molar-refractivity contribution in [3.63, 3.8) is 0 Å². The molecule has 0 aliphatic heterocycles. The maximum Gasteiger partial charge on any atom is 0.136 e. The van der Waals surface area contributed by atoms with Gasteiger partial charge in [-0.15, -0.1) is 0 Å². The predicted molar refractivity (Wildman–Crippen MR) is 134 cm³/mol.